The average molecular weight is 237 g/mol. The molecule has 1 rings (SSSR count). The molecule has 17 heavy (non-hydrogen) atoms. The summed E-state index contributed by atoms with van der Waals surface area (Å²) in [5.41, 5.74) is 8.02. The number of methoxy groups -OCH3 is 2. The van der Waals surface area contributed by atoms with Crippen LogP contribution in [0.5, 0.6) is 0 Å². The number of nitrogens with two attached hydrogens (primary N) is 1. The van der Waals surface area contributed by atoms with Gasteiger partial charge in [0.1, 0.15) is 0 Å². The van der Waals surface area contributed by atoms with Gasteiger partial charge in [0.15, 0.2) is 0 Å². The summed E-state index contributed by atoms with van der Waals surface area (Å²) in [5, 5.41) is 0. The van der Waals surface area contributed by atoms with E-state index in [0.29, 0.717) is 12.5 Å². The van der Waals surface area contributed by atoms with Crippen LogP contribution < -0.4 is 5.73 Å². The van der Waals surface area contributed by atoms with Crippen molar-refractivity contribution in [2.45, 2.75) is 32.0 Å². The van der Waals surface area contributed by atoms with Crippen LogP contribution in [-0.4, -0.2) is 20.8 Å². The Labute approximate surface area is 104 Å². The molecule has 0 saturated carbocycles. The second-order valence-electron chi connectivity index (χ2n) is 4.30. The molecule has 3 nitrogen and oxygen atoms in total. The Hall–Kier alpha value is -0.900. The van der Waals surface area contributed by atoms with Crippen molar-refractivity contribution in [3.63, 3.8) is 0 Å². The van der Waals surface area contributed by atoms with E-state index in [2.05, 4.69) is 26.0 Å². The van der Waals surface area contributed by atoms with Crippen LogP contribution in [0.15, 0.2) is 24.3 Å². The molecule has 0 aliphatic heterocycles. The maximum Gasteiger partial charge on any atom is 0.207 e. The molecule has 0 aliphatic carbocycles. The fraction of sp³-hybridized carbons (Fsp3) is 0.571. The topological polar surface area (TPSA) is 44.5 Å². The van der Waals surface area contributed by atoms with Gasteiger partial charge in [0, 0.05) is 19.8 Å². The van der Waals surface area contributed by atoms with Crippen LogP contribution in [0.2, 0.25) is 0 Å². The molecule has 0 amide bonds. The largest absolute Gasteiger partial charge is 0.348 e. The summed E-state index contributed by atoms with van der Waals surface area (Å²) in [6, 6.07) is 8.29. The van der Waals surface area contributed by atoms with Crippen molar-refractivity contribution in [1.29, 1.82) is 0 Å². The van der Waals surface area contributed by atoms with Crippen molar-refractivity contribution in [2.75, 3.05) is 20.8 Å². The van der Waals surface area contributed by atoms with Gasteiger partial charge >= 0.3 is 0 Å². The van der Waals surface area contributed by atoms with Crippen LogP contribution >= 0.6 is 0 Å². The zero-order valence-corrected chi connectivity index (χ0v) is 11.2. The van der Waals surface area contributed by atoms with Gasteiger partial charge < -0.3 is 15.2 Å². The van der Waals surface area contributed by atoms with E-state index in [1.54, 1.807) is 14.2 Å². The zero-order chi connectivity index (χ0) is 12.9. The number of hydrogen-bond acceptors (Lipinski definition) is 3. The van der Waals surface area contributed by atoms with Crippen LogP contribution in [0.3, 0.4) is 0 Å². The Morgan fingerprint density at radius 3 is 2.06 bits per heavy atom. The monoisotopic (exact) mass is 237 g/mol. The quantitative estimate of drug-likeness (QED) is 0.773. The summed E-state index contributed by atoms with van der Waals surface area (Å²) >= 11 is 0. The van der Waals surface area contributed by atoms with Crippen molar-refractivity contribution >= 4 is 0 Å². The molecule has 0 spiro atoms. The SMILES string of the molecule is CCC(C)c1ccc(C(CN)(OC)OC)cc1. The van der Waals surface area contributed by atoms with Crippen molar-refractivity contribution in [1.82, 2.24) is 0 Å². The van der Waals surface area contributed by atoms with Gasteiger partial charge in [0.25, 0.3) is 0 Å². The number of benzene rings is 1. The Kier molecular flexibility index (Phi) is 5.12. The van der Waals surface area contributed by atoms with Crippen LogP contribution in [0.25, 0.3) is 0 Å². The van der Waals surface area contributed by atoms with Gasteiger partial charge in [-0.2, -0.15) is 0 Å². The molecule has 1 atom stereocenters. The Morgan fingerprint density at radius 2 is 1.71 bits per heavy atom. The maximum atomic E-state index is 5.73. The summed E-state index contributed by atoms with van der Waals surface area (Å²) in [7, 11) is 3.22. The van der Waals surface area contributed by atoms with E-state index in [4.69, 9.17) is 15.2 Å². The lowest BCUT2D eigenvalue weighted by molar-refractivity contribution is -0.207. The van der Waals surface area contributed by atoms with Crippen LogP contribution in [0, 0.1) is 0 Å². The molecular weight excluding hydrogens is 214 g/mol. The highest BCUT2D eigenvalue weighted by atomic mass is 16.7. The third-order valence-corrected chi connectivity index (χ3v) is 3.46. The molecule has 1 aromatic carbocycles. The minimum absolute atomic E-state index is 0.294. The predicted octanol–water partition coefficient (Wildman–Crippen LogP) is 2.60. The van der Waals surface area contributed by atoms with E-state index in [1.165, 1.54) is 5.56 Å². The minimum Gasteiger partial charge on any atom is -0.348 e. The van der Waals surface area contributed by atoms with Crippen molar-refractivity contribution < 1.29 is 9.47 Å². The van der Waals surface area contributed by atoms with E-state index in [1.807, 2.05) is 12.1 Å². The highest BCUT2D eigenvalue weighted by molar-refractivity contribution is 5.28. The summed E-state index contributed by atoms with van der Waals surface area (Å²) < 4.78 is 10.8. The highest BCUT2D eigenvalue weighted by Crippen LogP contribution is 2.27. The molecule has 0 aliphatic rings. The lowest BCUT2D eigenvalue weighted by Gasteiger charge is -2.30. The molecule has 0 radical (unpaired) electrons. The Bertz CT molecular complexity index is 322. The smallest absolute Gasteiger partial charge is 0.207 e. The third kappa shape index (κ3) is 2.86. The fourth-order valence-electron chi connectivity index (χ4n) is 1.90. The molecule has 1 aromatic rings. The van der Waals surface area contributed by atoms with E-state index < -0.39 is 5.79 Å². The minimum atomic E-state index is -0.825. The lowest BCUT2D eigenvalue weighted by atomic mass is 9.95. The van der Waals surface area contributed by atoms with Crippen LogP contribution in [0.4, 0.5) is 0 Å². The van der Waals surface area contributed by atoms with Gasteiger partial charge in [-0.1, -0.05) is 38.1 Å². The number of rotatable bonds is 6. The highest BCUT2D eigenvalue weighted by Gasteiger charge is 2.30. The van der Waals surface area contributed by atoms with Gasteiger partial charge in [-0.15, -0.1) is 0 Å². The predicted molar refractivity (Wildman–Crippen MR) is 69.9 cm³/mol. The van der Waals surface area contributed by atoms with E-state index >= 15 is 0 Å². The second-order valence-corrected chi connectivity index (χ2v) is 4.30. The summed E-state index contributed by atoms with van der Waals surface area (Å²) in [5.74, 6) is -0.255. The first kappa shape index (κ1) is 14.2. The van der Waals surface area contributed by atoms with Crippen molar-refractivity contribution in [2.24, 2.45) is 5.73 Å². The van der Waals surface area contributed by atoms with Crippen molar-refractivity contribution in [3.8, 4) is 0 Å². The molecule has 0 fully saturated rings. The summed E-state index contributed by atoms with van der Waals surface area (Å²) in [4.78, 5) is 0. The molecule has 0 heterocycles. The molecule has 0 bridgehead atoms. The van der Waals surface area contributed by atoms with Gasteiger partial charge in [0.05, 0.1) is 6.54 Å². The molecule has 96 valence electrons. The maximum absolute atomic E-state index is 5.73. The lowest BCUT2D eigenvalue weighted by Crippen LogP contribution is -2.38. The van der Waals surface area contributed by atoms with Gasteiger partial charge in [-0.25, -0.2) is 0 Å². The molecule has 3 heteroatoms. The first-order valence-electron chi connectivity index (χ1n) is 6.04. The first-order chi connectivity index (χ1) is 8.13. The zero-order valence-electron chi connectivity index (χ0n) is 11.2. The Morgan fingerprint density at radius 1 is 1.18 bits per heavy atom. The third-order valence-electron chi connectivity index (χ3n) is 3.46. The van der Waals surface area contributed by atoms with Crippen LogP contribution in [0.1, 0.15) is 37.3 Å². The number of hydrogen-bond donors (Lipinski definition) is 1. The van der Waals surface area contributed by atoms with Gasteiger partial charge in [0.2, 0.25) is 5.79 Å². The van der Waals surface area contributed by atoms with Crippen LogP contribution in [-0.2, 0) is 15.3 Å². The fourth-order valence-corrected chi connectivity index (χ4v) is 1.90. The Balaban J connectivity index is 3.00. The average Bonchev–Trinajstić information content (AvgIpc) is 2.41. The van der Waals surface area contributed by atoms with Crippen molar-refractivity contribution in [3.05, 3.63) is 35.4 Å². The summed E-state index contributed by atoms with van der Waals surface area (Å²) in [6.45, 7) is 4.70. The van der Waals surface area contributed by atoms with Gasteiger partial charge in [-0.3, -0.25) is 0 Å². The second kappa shape index (κ2) is 6.15. The summed E-state index contributed by atoms with van der Waals surface area (Å²) in [6.07, 6.45) is 1.13. The van der Waals surface area contributed by atoms with Gasteiger partial charge in [-0.05, 0) is 17.9 Å². The van der Waals surface area contributed by atoms with E-state index in [-0.39, 0.29) is 0 Å². The first-order valence-corrected chi connectivity index (χ1v) is 6.04. The molecule has 0 aromatic heterocycles. The van der Waals surface area contributed by atoms with E-state index in [9.17, 15) is 0 Å². The standard InChI is InChI=1S/C14H23NO2/c1-5-11(2)12-6-8-13(9-7-12)14(10-15,16-3)17-4/h6-9,11H,5,10,15H2,1-4H3. The molecule has 0 saturated heterocycles. The normalized spacial score (nSPS) is 13.7. The number of ether oxygens (including phenoxy) is 2. The molecule has 2 N–H and O–H groups in total. The molecular formula is C14H23NO2. The molecule has 1 unspecified atom stereocenters. The van der Waals surface area contributed by atoms with E-state index in [0.717, 1.165) is 12.0 Å².